The molecule has 95 valence electrons. The van der Waals surface area contributed by atoms with Gasteiger partial charge in [-0.25, -0.2) is 0 Å². The van der Waals surface area contributed by atoms with Gasteiger partial charge in [-0.15, -0.1) is 6.58 Å². The molecule has 2 aliphatic rings. The van der Waals surface area contributed by atoms with E-state index in [0.717, 1.165) is 5.82 Å². The van der Waals surface area contributed by atoms with Crippen molar-refractivity contribution in [2.75, 3.05) is 0 Å². The first kappa shape index (κ1) is 13.2. The van der Waals surface area contributed by atoms with Crippen molar-refractivity contribution in [1.82, 2.24) is 0 Å². The van der Waals surface area contributed by atoms with Crippen LogP contribution in [0.5, 0.6) is 0 Å². The third-order valence-corrected chi connectivity index (χ3v) is 4.92. The van der Waals surface area contributed by atoms with Crippen LogP contribution in [0.3, 0.4) is 0 Å². The SMILES string of the molecule is C=CCCCCCCC12[B]C(CCC1)CCC2. The Morgan fingerprint density at radius 1 is 1.06 bits per heavy atom. The van der Waals surface area contributed by atoms with Crippen LogP contribution >= 0.6 is 0 Å². The second kappa shape index (κ2) is 6.66. The fraction of sp³-hybridized carbons (Fsp3) is 0.875. The third-order valence-electron chi connectivity index (χ3n) is 4.92. The Morgan fingerprint density at radius 3 is 2.47 bits per heavy atom. The molecule has 17 heavy (non-hydrogen) atoms. The lowest BCUT2D eigenvalue weighted by molar-refractivity contribution is 0.323. The minimum absolute atomic E-state index is 0.680. The van der Waals surface area contributed by atoms with Crippen molar-refractivity contribution in [3.05, 3.63) is 12.7 Å². The van der Waals surface area contributed by atoms with Gasteiger partial charge in [0, 0.05) is 0 Å². The number of hydrogen-bond acceptors (Lipinski definition) is 0. The molecule has 2 aliphatic heterocycles. The average molecular weight is 231 g/mol. The van der Waals surface area contributed by atoms with Gasteiger partial charge in [0.25, 0.3) is 0 Å². The van der Waals surface area contributed by atoms with Crippen LogP contribution in [0.4, 0.5) is 0 Å². The number of unbranched alkanes of at least 4 members (excludes halogenated alkanes) is 4. The summed E-state index contributed by atoms with van der Waals surface area (Å²) in [6.45, 7) is 3.79. The topological polar surface area (TPSA) is 0 Å². The van der Waals surface area contributed by atoms with Crippen LogP contribution in [0.15, 0.2) is 12.7 Å². The van der Waals surface area contributed by atoms with Gasteiger partial charge in [-0.1, -0.05) is 81.4 Å². The molecule has 2 saturated heterocycles. The van der Waals surface area contributed by atoms with Gasteiger partial charge >= 0.3 is 0 Å². The lowest BCUT2D eigenvalue weighted by atomic mass is 9.35. The van der Waals surface area contributed by atoms with E-state index < -0.39 is 0 Å². The molecule has 0 unspecified atom stereocenters. The number of hydrogen-bond donors (Lipinski definition) is 0. The summed E-state index contributed by atoms with van der Waals surface area (Å²) in [5.41, 5.74) is 0. The molecule has 0 aliphatic carbocycles. The molecule has 1 heteroatoms. The van der Waals surface area contributed by atoms with Crippen molar-refractivity contribution in [3.8, 4) is 0 Å². The van der Waals surface area contributed by atoms with Crippen LogP contribution in [-0.2, 0) is 0 Å². The van der Waals surface area contributed by atoms with E-state index >= 15 is 0 Å². The Morgan fingerprint density at radius 2 is 1.76 bits per heavy atom. The predicted octanol–water partition coefficient (Wildman–Crippen LogP) is 5.53. The lowest BCUT2D eigenvalue weighted by Gasteiger charge is -2.45. The first-order valence-electron chi connectivity index (χ1n) is 7.82. The van der Waals surface area contributed by atoms with E-state index in [1.165, 1.54) is 77.0 Å². The molecule has 0 N–H and O–H groups in total. The van der Waals surface area contributed by atoms with Gasteiger partial charge in [0.2, 0.25) is 0 Å². The molecule has 0 spiro atoms. The van der Waals surface area contributed by atoms with Gasteiger partial charge in [-0.2, -0.15) is 0 Å². The van der Waals surface area contributed by atoms with E-state index in [1.54, 1.807) is 0 Å². The maximum Gasteiger partial charge on any atom is 0.122 e. The maximum atomic E-state index is 3.79. The Bertz CT molecular complexity index is 224. The summed E-state index contributed by atoms with van der Waals surface area (Å²) in [6, 6.07) is 0. The van der Waals surface area contributed by atoms with Gasteiger partial charge in [0.15, 0.2) is 0 Å². The average Bonchev–Trinajstić information content (AvgIpc) is 2.34. The van der Waals surface area contributed by atoms with Gasteiger partial charge in [-0.05, 0) is 12.8 Å². The Balaban J connectivity index is 1.65. The van der Waals surface area contributed by atoms with E-state index in [0.29, 0.717) is 5.31 Å². The van der Waals surface area contributed by atoms with E-state index in [2.05, 4.69) is 19.9 Å². The van der Waals surface area contributed by atoms with Crippen LogP contribution in [0, 0.1) is 0 Å². The molecule has 0 saturated carbocycles. The number of rotatable bonds is 7. The highest BCUT2D eigenvalue weighted by molar-refractivity contribution is 6.42. The molecule has 0 atom stereocenters. The van der Waals surface area contributed by atoms with Gasteiger partial charge in [0.1, 0.15) is 7.28 Å². The zero-order valence-electron chi connectivity index (χ0n) is 11.4. The smallest absolute Gasteiger partial charge is 0.103 e. The molecule has 2 heterocycles. The quantitative estimate of drug-likeness (QED) is 0.307. The van der Waals surface area contributed by atoms with Gasteiger partial charge in [-0.3, -0.25) is 0 Å². The molecular formula is C16H28B. The second-order valence-corrected chi connectivity index (χ2v) is 6.32. The van der Waals surface area contributed by atoms with Crippen molar-refractivity contribution < 1.29 is 0 Å². The van der Waals surface area contributed by atoms with E-state index in [9.17, 15) is 0 Å². The zero-order chi connectivity index (χ0) is 12.0. The minimum Gasteiger partial charge on any atom is -0.103 e. The Labute approximate surface area is 108 Å². The molecular weight excluding hydrogens is 203 g/mol. The van der Waals surface area contributed by atoms with Crippen LogP contribution in [0.1, 0.15) is 77.0 Å². The summed E-state index contributed by atoms with van der Waals surface area (Å²) in [5, 5.41) is 0.680. The zero-order valence-corrected chi connectivity index (χ0v) is 11.4. The summed E-state index contributed by atoms with van der Waals surface area (Å²) in [5.74, 6) is 0.985. The Kier molecular flexibility index (Phi) is 5.19. The fourth-order valence-electron chi connectivity index (χ4n) is 3.99. The van der Waals surface area contributed by atoms with Crippen molar-refractivity contribution in [1.29, 1.82) is 0 Å². The standard InChI is InChI=1S/C16H28B/c1-2-3-4-5-6-7-12-16-13-8-10-15(17-16)11-9-14-16/h2,15H,1,3-14H2. The first-order chi connectivity index (χ1) is 8.35. The number of fused-ring (bicyclic) bond motifs is 2. The molecule has 0 aromatic heterocycles. The first-order valence-corrected chi connectivity index (χ1v) is 7.82. The van der Waals surface area contributed by atoms with Crippen LogP contribution in [-0.4, -0.2) is 7.28 Å². The lowest BCUT2D eigenvalue weighted by Crippen LogP contribution is -2.32. The highest BCUT2D eigenvalue weighted by Gasteiger charge is 2.39. The Hall–Kier alpha value is -0.195. The van der Waals surface area contributed by atoms with Crippen LogP contribution in [0.2, 0.25) is 11.1 Å². The van der Waals surface area contributed by atoms with Crippen molar-refractivity contribution in [3.63, 3.8) is 0 Å². The maximum absolute atomic E-state index is 3.79. The largest absolute Gasteiger partial charge is 0.122 e. The molecule has 0 aromatic carbocycles. The second-order valence-electron chi connectivity index (χ2n) is 6.32. The van der Waals surface area contributed by atoms with Gasteiger partial charge < -0.3 is 0 Å². The van der Waals surface area contributed by atoms with Crippen molar-refractivity contribution in [2.24, 2.45) is 0 Å². The highest BCUT2D eigenvalue weighted by Crippen LogP contribution is 2.54. The summed E-state index contributed by atoms with van der Waals surface area (Å²) in [4.78, 5) is 0. The molecule has 2 bridgehead atoms. The predicted molar refractivity (Wildman–Crippen MR) is 77.8 cm³/mol. The van der Waals surface area contributed by atoms with E-state index in [1.807, 2.05) is 0 Å². The molecule has 0 amide bonds. The third kappa shape index (κ3) is 3.90. The molecule has 0 aromatic rings. The van der Waals surface area contributed by atoms with E-state index in [-0.39, 0.29) is 0 Å². The molecule has 2 rings (SSSR count). The van der Waals surface area contributed by atoms with Crippen molar-refractivity contribution in [2.45, 2.75) is 88.2 Å². The van der Waals surface area contributed by atoms with Gasteiger partial charge in [0.05, 0.1) is 0 Å². The minimum atomic E-state index is 0.680. The summed E-state index contributed by atoms with van der Waals surface area (Å²) in [6.07, 6.45) is 19.4. The van der Waals surface area contributed by atoms with Crippen LogP contribution < -0.4 is 0 Å². The monoisotopic (exact) mass is 231 g/mol. The molecule has 0 nitrogen and oxygen atoms in total. The van der Waals surface area contributed by atoms with Crippen LogP contribution in [0.25, 0.3) is 0 Å². The fourth-order valence-corrected chi connectivity index (χ4v) is 3.99. The normalized spacial score (nSPS) is 31.9. The van der Waals surface area contributed by atoms with E-state index in [4.69, 9.17) is 0 Å². The summed E-state index contributed by atoms with van der Waals surface area (Å²) >= 11 is 0. The highest BCUT2D eigenvalue weighted by atomic mass is 14.3. The van der Waals surface area contributed by atoms with Crippen molar-refractivity contribution >= 4 is 7.28 Å². The molecule has 2 fully saturated rings. The summed E-state index contributed by atoms with van der Waals surface area (Å²) in [7, 11) is 2.77. The summed E-state index contributed by atoms with van der Waals surface area (Å²) < 4.78 is 0. The molecule has 1 radical (unpaired) electrons. The number of allylic oxidation sites excluding steroid dienone is 1.